The smallest absolute Gasteiger partial charge is 0.219 e. The van der Waals surface area contributed by atoms with E-state index in [2.05, 4.69) is 26.2 Å². The minimum absolute atomic E-state index is 0.0340. The minimum atomic E-state index is -0.0582. The Morgan fingerprint density at radius 3 is 2.78 bits per heavy atom. The highest BCUT2D eigenvalue weighted by atomic mass is 79.9. The van der Waals surface area contributed by atoms with Crippen molar-refractivity contribution in [3.8, 4) is 11.6 Å². The molecule has 0 aliphatic carbocycles. The van der Waals surface area contributed by atoms with Crippen LogP contribution in [-0.2, 0) is 4.79 Å². The second kappa shape index (κ2) is 8.13. The van der Waals surface area contributed by atoms with Crippen molar-refractivity contribution in [1.82, 2.24) is 10.3 Å². The predicted octanol–water partition coefficient (Wildman–Crippen LogP) is 4.83. The number of rotatable bonds is 5. The molecule has 0 aliphatic heterocycles. The van der Waals surface area contributed by atoms with Gasteiger partial charge in [-0.25, -0.2) is 4.98 Å². The third-order valence-corrected chi connectivity index (χ3v) is 4.11. The Kier molecular flexibility index (Phi) is 6.19. The molecule has 4 nitrogen and oxygen atoms in total. The summed E-state index contributed by atoms with van der Waals surface area (Å²) in [6, 6.07) is 8.97. The molecule has 2 aromatic rings. The van der Waals surface area contributed by atoms with Gasteiger partial charge in [0.15, 0.2) is 0 Å². The fourth-order valence-corrected chi connectivity index (χ4v) is 2.25. The molecule has 0 bridgehead atoms. The first-order valence-electron chi connectivity index (χ1n) is 6.98. The van der Waals surface area contributed by atoms with Crippen LogP contribution >= 0.6 is 27.5 Å². The van der Waals surface area contributed by atoms with Crippen molar-refractivity contribution in [3.05, 3.63) is 57.7 Å². The Labute approximate surface area is 148 Å². The van der Waals surface area contributed by atoms with Gasteiger partial charge in [0, 0.05) is 35.8 Å². The van der Waals surface area contributed by atoms with Crippen molar-refractivity contribution in [3.63, 3.8) is 0 Å². The first-order chi connectivity index (χ1) is 10.9. The summed E-state index contributed by atoms with van der Waals surface area (Å²) in [5, 5.41) is 3.36. The number of nitrogens with one attached hydrogen (secondary N) is 1. The molecule has 1 N–H and O–H groups in total. The average molecular weight is 396 g/mol. The first kappa shape index (κ1) is 17.5. The number of nitrogens with zero attached hydrogens (tertiary/aromatic N) is 1. The van der Waals surface area contributed by atoms with Gasteiger partial charge in [-0.15, -0.1) is 0 Å². The number of carbonyl (C=O) groups is 1. The standard InChI is InChI=1S/C17H16BrClN2O2/c1-11(21-12(2)22)3-4-13-5-8-17(20-10-13)23-14-6-7-15(18)16(19)9-14/h3-11H,1-2H3,(H,21,22)/b4-3+/t11-/m0/s1. The van der Waals surface area contributed by atoms with Gasteiger partial charge in [0.2, 0.25) is 11.8 Å². The highest BCUT2D eigenvalue weighted by Gasteiger charge is 2.03. The number of halogens is 2. The summed E-state index contributed by atoms with van der Waals surface area (Å²) in [5.74, 6) is 1.04. The summed E-state index contributed by atoms with van der Waals surface area (Å²) in [5.41, 5.74) is 0.920. The molecule has 0 spiro atoms. The summed E-state index contributed by atoms with van der Waals surface area (Å²) < 4.78 is 6.46. The molecular weight excluding hydrogens is 380 g/mol. The second-order valence-corrected chi connectivity index (χ2v) is 6.22. The number of ether oxygens (including phenoxy) is 1. The molecule has 6 heteroatoms. The number of amides is 1. The van der Waals surface area contributed by atoms with Crippen LogP contribution in [0.3, 0.4) is 0 Å². The van der Waals surface area contributed by atoms with Crippen molar-refractivity contribution in [2.24, 2.45) is 0 Å². The van der Waals surface area contributed by atoms with E-state index in [1.54, 1.807) is 24.4 Å². The molecule has 0 radical (unpaired) electrons. The van der Waals surface area contributed by atoms with E-state index in [1.807, 2.05) is 31.2 Å². The highest BCUT2D eigenvalue weighted by molar-refractivity contribution is 9.10. The Hall–Kier alpha value is -1.85. The summed E-state index contributed by atoms with van der Waals surface area (Å²) >= 11 is 9.36. The third-order valence-electron chi connectivity index (χ3n) is 2.88. The molecule has 23 heavy (non-hydrogen) atoms. The molecule has 0 saturated heterocycles. The zero-order valence-electron chi connectivity index (χ0n) is 12.7. The third kappa shape index (κ3) is 5.69. The Morgan fingerprint density at radius 2 is 2.17 bits per heavy atom. The number of benzene rings is 1. The van der Waals surface area contributed by atoms with E-state index in [4.69, 9.17) is 16.3 Å². The van der Waals surface area contributed by atoms with Crippen LogP contribution < -0.4 is 10.1 Å². The largest absolute Gasteiger partial charge is 0.439 e. The van der Waals surface area contributed by atoms with Gasteiger partial charge in [-0.05, 0) is 46.6 Å². The summed E-state index contributed by atoms with van der Waals surface area (Å²) in [6.07, 6.45) is 5.49. The van der Waals surface area contributed by atoms with Crippen molar-refractivity contribution >= 4 is 39.5 Å². The molecule has 0 fully saturated rings. The molecule has 0 saturated carbocycles. The van der Waals surface area contributed by atoms with E-state index in [0.29, 0.717) is 16.7 Å². The Morgan fingerprint density at radius 1 is 1.39 bits per heavy atom. The van der Waals surface area contributed by atoms with Crippen LogP contribution in [0.15, 0.2) is 47.1 Å². The molecule has 120 valence electrons. The number of carbonyl (C=O) groups excluding carboxylic acids is 1. The number of aromatic nitrogens is 1. The lowest BCUT2D eigenvalue weighted by Gasteiger charge is -2.07. The Balaban J connectivity index is 2.00. The summed E-state index contributed by atoms with van der Waals surface area (Å²) in [4.78, 5) is 15.2. The maximum atomic E-state index is 10.9. The van der Waals surface area contributed by atoms with Crippen molar-refractivity contribution in [2.45, 2.75) is 19.9 Å². The predicted molar refractivity (Wildman–Crippen MR) is 95.8 cm³/mol. The topological polar surface area (TPSA) is 51.2 Å². The summed E-state index contributed by atoms with van der Waals surface area (Å²) in [7, 11) is 0. The number of hydrogen-bond acceptors (Lipinski definition) is 3. The van der Waals surface area contributed by atoms with Crippen molar-refractivity contribution in [1.29, 1.82) is 0 Å². The zero-order chi connectivity index (χ0) is 16.8. The van der Waals surface area contributed by atoms with E-state index in [9.17, 15) is 4.79 Å². The van der Waals surface area contributed by atoms with Crippen LogP contribution in [0.5, 0.6) is 11.6 Å². The number of hydrogen-bond donors (Lipinski definition) is 1. The van der Waals surface area contributed by atoms with E-state index < -0.39 is 0 Å². The van der Waals surface area contributed by atoms with E-state index >= 15 is 0 Å². The zero-order valence-corrected chi connectivity index (χ0v) is 15.1. The molecule has 2 rings (SSSR count). The van der Waals surface area contributed by atoms with Gasteiger partial charge in [0.05, 0.1) is 5.02 Å². The fraction of sp³-hybridized carbons (Fsp3) is 0.176. The minimum Gasteiger partial charge on any atom is -0.439 e. The molecule has 1 atom stereocenters. The van der Waals surface area contributed by atoms with Crippen LogP contribution in [-0.4, -0.2) is 16.9 Å². The van der Waals surface area contributed by atoms with Crippen LogP contribution in [0.2, 0.25) is 5.02 Å². The second-order valence-electron chi connectivity index (χ2n) is 4.96. The SMILES string of the molecule is CC(=O)N[C@@H](C)/C=C/c1ccc(Oc2ccc(Br)c(Cl)c2)nc1. The average Bonchev–Trinajstić information content (AvgIpc) is 2.50. The van der Waals surface area contributed by atoms with Gasteiger partial charge < -0.3 is 10.1 Å². The molecule has 0 unspecified atom stereocenters. The highest BCUT2D eigenvalue weighted by Crippen LogP contribution is 2.29. The molecular formula is C17H16BrClN2O2. The van der Waals surface area contributed by atoms with Gasteiger partial charge in [0.1, 0.15) is 5.75 Å². The van der Waals surface area contributed by atoms with Gasteiger partial charge in [-0.1, -0.05) is 23.8 Å². The van der Waals surface area contributed by atoms with E-state index in [-0.39, 0.29) is 11.9 Å². The quantitative estimate of drug-likeness (QED) is 0.789. The van der Waals surface area contributed by atoms with Crippen LogP contribution in [0.1, 0.15) is 19.4 Å². The maximum Gasteiger partial charge on any atom is 0.219 e. The monoisotopic (exact) mass is 394 g/mol. The summed E-state index contributed by atoms with van der Waals surface area (Å²) in [6.45, 7) is 3.40. The normalized spacial score (nSPS) is 12.2. The molecule has 1 aromatic carbocycles. The van der Waals surface area contributed by atoms with Crippen LogP contribution in [0.4, 0.5) is 0 Å². The first-order valence-corrected chi connectivity index (χ1v) is 8.15. The maximum absolute atomic E-state index is 10.9. The van der Waals surface area contributed by atoms with Crippen molar-refractivity contribution in [2.75, 3.05) is 0 Å². The van der Waals surface area contributed by atoms with Gasteiger partial charge in [-0.2, -0.15) is 0 Å². The fourth-order valence-electron chi connectivity index (χ4n) is 1.84. The lowest BCUT2D eigenvalue weighted by atomic mass is 10.2. The van der Waals surface area contributed by atoms with Crippen molar-refractivity contribution < 1.29 is 9.53 Å². The van der Waals surface area contributed by atoms with Gasteiger partial charge >= 0.3 is 0 Å². The lowest BCUT2D eigenvalue weighted by Crippen LogP contribution is -2.28. The number of pyridine rings is 1. The lowest BCUT2D eigenvalue weighted by molar-refractivity contribution is -0.119. The van der Waals surface area contributed by atoms with Gasteiger partial charge in [-0.3, -0.25) is 4.79 Å². The van der Waals surface area contributed by atoms with Crippen LogP contribution in [0, 0.1) is 0 Å². The molecule has 1 heterocycles. The van der Waals surface area contributed by atoms with Crippen LogP contribution in [0.25, 0.3) is 6.08 Å². The molecule has 1 aromatic heterocycles. The Bertz CT molecular complexity index is 717. The molecule has 1 amide bonds. The van der Waals surface area contributed by atoms with E-state index in [0.717, 1.165) is 10.0 Å². The molecule has 0 aliphatic rings. The van der Waals surface area contributed by atoms with E-state index in [1.165, 1.54) is 6.92 Å². The van der Waals surface area contributed by atoms with Gasteiger partial charge in [0.25, 0.3) is 0 Å².